The summed E-state index contributed by atoms with van der Waals surface area (Å²) in [5, 5.41) is 12.0. The summed E-state index contributed by atoms with van der Waals surface area (Å²) in [6, 6.07) is 3.42. The van der Waals surface area contributed by atoms with E-state index in [1.54, 1.807) is 0 Å². The summed E-state index contributed by atoms with van der Waals surface area (Å²) in [5.41, 5.74) is 4.54. The average Bonchev–Trinajstić information content (AvgIpc) is 2.41. The molecule has 1 aromatic rings. The third-order valence-electron chi connectivity index (χ3n) is 2.55. The van der Waals surface area contributed by atoms with E-state index in [1.165, 1.54) is 6.92 Å². The Hall–Kier alpha value is -1.80. The molecule has 0 aromatic heterocycles. The summed E-state index contributed by atoms with van der Waals surface area (Å²) in [5.74, 6) is -0.218. The van der Waals surface area contributed by atoms with Crippen molar-refractivity contribution in [1.29, 1.82) is 0 Å². The molecule has 0 radical (unpaired) electrons. The molecule has 0 saturated carbocycles. The largest absolute Gasteiger partial charge is 0.491 e. The summed E-state index contributed by atoms with van der Waals surface area (Å²) >= 11 is 0. The molecule has 2 atom stereocenters. The van der Waals surface area contributed by atoms with Crippen LogP contribution in [0.2, 0.25) is 0 Å². The van der Waals surface area contributed by atoms with Crippen LogP contribution >= 0.6 is 0 Å². The number of carbonyl (C=O) groups excluding carboxylic acids is 1. The van der Waals surface area contributed by atoms with Crippen LogP contribution in [-0.2, 0) is 11.0 Å². The van der Waals surface area contributed by atoms with Gasteiger partial charge in [-0.2, -0.15) is 13.2 Å². The number of aliphatic hydroxyl groups is 1. The average molecular weight is 306 g/mol. The highest BCUT2D eigenvalue weighted by atomic mass is 19.4. The summed E-state index contributed by atoms with van der Waals surface area (Å²) in [7, 11) is 0. The maximum absolute atomic E-state index is 12.3. The molecule has 1 amide bonds. The Bertz CT molecular complexity index is 461. The zero-order valence-corrected chi connectivity index (χ0v) is 11.4. The topological polar surface area (TPSA) is 84.6 Å². The fraction of sp³-hybridized carbons (Fsp3) is 0.462. The summed E-state index contributed by atoms with van der Waals surface area (Å²) < 4.78 is 42.2. The predicted molar refractivity (Wildman–Crippen MR) is 69.6 cm³/mol. The van der Waals surface area contributed by atoms with Gasteiger partial charge in [-0.05, 0) is 31.2 Å². The number of nitrogens with two attached hydrogens (primary N) is 1. The molecule has 5 nitrogen and oxygen atoms in total. The third-order valence-corrected chi connectivity index (χ3v) is 2.55. The lowest BCUT2D eigenvalue weighted by Gasteiger charge is -2.14. The van der Waals surface area contributed by atoms with Crippen molar-refractivity contribution in [3.63, 3.8) is 0 Å². The molecule has 0 saturated heterocycles. The van der Waals surface area contributed by atoms with E-state index in [9.17, 15) is 23.1 Å². The number of hydrogen-bond donors (Lipinski definition) is 3. The maximum Gasteiger partial charge on any atom is 0.416 e. The number of amides is 1. The van der Waals surface area contributed by atoms with E-state index >= 15 is 0 Å². The quantitative estimate of drug-likeness (QED) is 0.729. The predicted octanol–water partition coefficient (Wildman–Crippen LogP) is 0.909. The molecule has 21 heavy (non-hydrogen) atoms. The Morgan fingerprint density at radius 2 is 1.95 bits per heavy atom. The first-order valence-corrected chi connectivity index (χ1v) is 6.21. The molecule has 1 aromatic carbocycles. The number of alkyl halides is 3. The summed E-state index contributed by atoms with van der Waals surface area (Å²) in [4.78, 5) is 11.2. The number of halogens is 3. The van der Waals surface area contributed by atoms with Crippen LogP contribution in [0, 0.1) is 0 Å². The zero-order valence-electron chi connectivity index (χ0n) is 11.4. The Kier molecular flexibility index (Phi) is 5.98. The van der Waals surface area contributed by atoms with Crippen molar-refractivity contribution >= 4 is 5.91 Å². The van der Waals surface area contributed by atoms with Gasteiger partial charge in [0.1, 0.15) is 18.5 Å². The van der Waals surface area contributed by atoms with Gasteiger partial charge in [-0.25, -0.2) is 0 Å². The van der Waals surface area contributed by atoms with E-state index in [0.717, 1.165) is 24.3 Å². The smallest absolute Gasteiger partial charge is 0.416 e. The second kappa shape index (κ2) is 7.28. The zero-order chi connectivity index (χ0) is 16.0. The molecule has 0 aliphatic carbocycles. The van der Waals surface area contributed by atoms with Crippen LogP contribution in [0.1, 0.15) is 12.5 Å². The minimum atomic E-state index is -4.40. The van der Waals surface area contributed by atoms with Crippen molar-refractivity contribution in [3.05, 3.63) is 29.8 Å². The highest BCUT2D eigenvalue weighted by Crippen LogP contribution is 2.30. The Morgan fingerprint density at radius 1 is 1.38 bits per heavy atom. The number of benzene rings is 1. The highest BCUT2D eigenvalue weighted by Gasteiger charge is 2.30. The van der Waals surface area contributed by atoms with Gasteiger partial charge < -0.3 is 20.9 Å². The molecule has 1 unspecified atom stereocenters. The van der Waals surface area contributed by atoms with E-state index in [4.69, 9.17) is 10.5 Å². The van der Waals surface area contributed by atoms with E-state index in [2.05, 4.69) is 5.32 Å². The number of nitrogens with one attached hydrogen (secondary N) is 1. The molecule has 0 aliphatic heterocycles. The lowest BCUT2D eigenvalue weighted by atomic mass is 10.2. The van der Waals surface area contributed by atoms with Crippen LogP contribution in [-0.4, -0.2) is 36.3 Å². The van der Waals surface area contributed by atoms with Gasteiger partial charge in [0.2, 0.25) is 5.91 Å². The third kappa shape index (κ3) is 6.01. The van der Waals surface area contributed by atoms with Crippen LogP contribution < -0.4 is 15.8 Å². The van der Waals surface area contributed by atoms with Crippen LogP contribution in [0.5, 0.6) is 5.75 Å². The van der Waals surface area contributed by atoms with Crippen LogP contribution in [0.4, 0.5) is 13.2 Å². The number of hydrogen-bond acceptors (Lipinski definition) is 4. The van der Waals surface area contributed by atoms with Gasteiger partial charge in [0.25, 0.3) is 0 Å². The maximum atomic E-state index is 12.3. The molecule has 0 aliphatic rings. The van der Waals surface area contributed by atoms with Gasteiger partial charge in [-0.1, -0.05) is 0 Å². The van der Waals surface area contributed by atoms with E-state index in [1.807, 2.05) is 0 Å². The minimum absolute atomic E-state index is 0.0546. The first-order chi connectivity index (χ1) is 9.70. The lowest BCUT2D eigenvalue weighted by molar-refractivity contribution is -0.137. The number of carbonyl (C=O) groups is 1. The molecule has 4 N–H and O–H groups in total. The first kappa shape index (κ1) is 17.3. The van der Waals surface area contributed by atoms with Gasteiger partial charge in [0, 0.05) is 6.54 Å². The molecule has 118 valence electrons. The van der Waals surface area contributed by atoms with Crippen LogP contribution in [0.3, 0.4) is 0 Å². The van der Waals surface area contributed by atoms with Crippen LogP contribution in [0.15, 0.2) is 24.3 Å². The van der Waals surface area contributed by atoms with Crippen molar-refractivity contribution < 1.29 is 27.8 Å². The normalized spacial score (nSPS) is 14.4. The van der Waals surface area contributed by atoms with E-state index in [-0.39, 0.29) is 18.9 Å². The van der Waals surface area contributed by atoms with Crippen molar-refractivity contribution in [1.82, 2.24) is 5.32 Å². The summed E-state index contributed by atoms with van der Waals surface area (Å²) in [6.07, 6.45) is -5.39. The Morgan fingerprint density at radius 3 is 2.43 bits per heavy atom. The highest BCUT2D eigenvalue weighted by molar-refractivity contribution is 5.80. The Labute approximate surface area is 119 Å². The van der Waals surface area contributed by atoms with E-state index in [0.29, 0.717) is 0 Å². The molecule has 1 rings (SSSR count). The van der Waals surface area contributed by atoms with Gasteiger partial charge in [0.15, 0.2) is 0 Å². The second-order valence-corrected chi connectivity index (χ2v) is 4.52. The molecular weight excluding hydrogens is 289 g/mol. The van der Waals surface area contributed by atoms with Crippen molar-refractivity contribution in [2.24, 2.45) is 5.73 Å². The minimum Gasteiger partial charge on any atom is -0.491 e. The van der Waals surface area contributed by atoms with Crippen molar-refractivity contribution in [2.45, 2.75) is 25.2 Å². The Balaban J connectivity index is 2.39. The second-order valence-electron chi connectivity index (χ2n) is 4.52. The summed E-state index contributed by atoms with van der Waals surface area (Å²) in [6.45, 7) is 1.28. The van der Waals surface area contributed by atoms with Crippen molar-refractivity contribution in [3.8, 4) is 5.75 Å². The number of aliphatic hydroxyl groups excluding tert-OH is 1. The van der Waals surface area contributed by atoms with Gasteiger partial charge in [0.05, 0.1) is 11.6 Å². The monoisotopic (exact) mass is 306 g/mol. The van der Waals surface area contributed by atoms with Gasteiger partial charge >= 0.3 is 6.18 Å². The van der Waals surface area contributed by atoms with Crippen molar-refractivity contribution in [2.75, 3.05) is 13.2 Å². The number of ether oxygens (including phenoxy) is 1. The molecule has 0 spiro atoms. The lowest BCUT2D eigenvalue weighted by Crippen LogP contribution is -2.42. The van der Waals surface area contributed by atoms with E-state index < -0.39 is 29.8 Å². The molecule has 0 fully saturated rings. The standard InChI is InChI=1S/C13H17F3N2O3/c1-8(17)12(20)18-6-10(19)7-21-11-4-2-9(3-5-11)13(14,15)16/h2-5,8,10,19H,6-7,17H2,1H3,(H,18,20)/t8-,10?/m0/s1. The molecular formula is C13H17F3N2O3. The molecule has 0 bridgehead atoms. The molecule has 0 heterocycles. The number of rotatable bonds is 6. The first-order valence-electron chi connectivity index (χ1n) is 6.21. The van der Waals surface area contributed by atoms with Gasteiger partial charge in [-0.3, -0.25) is 4.79 Å². The fourth-order valence-corrected chi connectivity index (χ4v) is 1.37. The molecule has 8 heteroatoms. The van der Waals surface area contributed by atoms with Gasteiger partial charge in [-0.15, -0.1) is 0 Å². The SMILES string of the molecule is C[C@H](N)C(=O)NCC(O)COc1ccc(C(F)(F)F)cc1. The fourth-order valence-electron chi connectivity index (χ4n) is 1.37. The van der Waals surface area contributed by atoms with Crippen LogP contribution in [0.25, 0.3) is 0 Å².